The van der Waals surface area contributed by atoms with E-state index >= 15 is 0 Å². The molecule has 1 aromatic carbocycles. The van der Waals surface area contributed by atoms with Gasteiger partial charge in [0.1, 0.15) is 0 Å². The van der Waals surface area contributed by atoms with Gasteiger partial charge in [0.2, 0.25) is 0 Å². The molecule has 0 radical (unpaired) electrons. The number of carbonyl (C=O) groups excluding carboxylic acids is 1. The van der Waals surface area contributed by atoms with Gasteiger partial charge >= 0.3 is 0 Å². The number of benzene rings is 1. The molecule has 1 aromatic rings. The van der Waals surface area contributed by atoms with Crippen LogP contribution in [0.25, 0.3) is 0 Å². The SMILES string of the molecule is CCC(CN)NC(=O)c1ccc(C)cc1. The van der Waals surface area contributed by atoms with E-state index in [1.165, 1.54) is 0 Å². The smallest absolute Gasteiger partial charge is 0.251 e. The maximum absolute atomic E-state index is 11.7. The van der Waals surface area contributed by atoms with Crippen LogP contribution in [0.4, 0.5) is 0 Å². The van der Waals surface area contributed by atoms with E-state index in [2.05, 4.69) is 5.32 Å². The molecule has 82 valence electrons. The summed E-state index contributed by atoms with van der Waals surface area (Å²) >= 11 is 0. The first-order valence-electron chi connectivity index (χ1n) is 5.25. The highest BCUT2D eigenvalue weighted by molar-refractivity contribution is 5.94. The fourth-order valence-electron chi connectivity index (χ4n) is 1.30. The number of aryl methyl sites for hydroxylation is 1. The molecular weight excluding hydrogens is 188 g/mol. The van der Waals surface area contributed by atoms with E-state index in [4.69, 9.17) is 5.73 Å². The molecule has 3 N–H and O–H groups in total. The topological polar surface area (TPSA) is 55.1 Å². The predicted molar refractivity (Wildman–Crippen MR) is 61.8 cm³/mol. The minimum atomic E-state index is -0.0488. The van der Waals surface area contributed by atoms with Gasteiger partial charge in [-0.25, -0.2) is 0 Å². The fourth-order valence-corrected chi connectivity index (χ4v) is 1.30. The Morgan fingerprint density at radius 1 is 1.40 bits per heavy atom. The maximum Gasteiger partial charge on any atom is 0.251 e. The second-order valence-electron chi connectivity index (χ2n) is 3.68. The Bertz CT molecular complexity index is 315. The van der Waals surface area contributed by atoms with Crippen molar-refractivity contribution < 1.29 is 4.79 Å². The van der Waals surface area contributed by atoms with Gasteiger partial charge in [-0.05, 0) is 25.5 Å². The summed E-state index contributed by atoms with van der Waals surface area (Å²) in [5.41, 5.74) is 7.36. The van der Waals surface area contributed by atoms with E-state index in [1.807, 2.05) is 38.1 Å². The molecule has 3 nitrogen and oxygen atoms in total. The van der Waals surface area contributed by atoms with Crippen molar-refractivity contribution in [3.63, 3.8) is 0 Å². The van der Waals surface area contributed by atoms with Crippen LogP contribution in [-0.2, 0) is 0 Å². The number of nitrogens with one attached hydrogen (secondary N) is 1. The third-order valence-electron chi connectivity index (χ3n) is 2.43. The van der Waals surface area contributed by atoms with Gasteiger partial charge in [0.25, 0.3) is 5.91 Å². The highest BCUT2D eigenvalue weighted by Gasteiger charge is 2.09. The van der Waals surface area contributed by atoms with Crippen LogP contribution < -0.4 is 11.1 Å². The molecule has 0 heterocycles. The molecule has 0 aliphatic rings. The Balaban J connectivity index is 2.64. The Morgan fingerprint density at radius 2 is 2.00 bits per heavy atom. The summed E-state index contributed by atoms with van der Waals surface area (Å²) in [7, 11) is 0. The van der Waals surface area contributed by atoms with E-state index in [0.717, 1.165) is 12.0 Å². The molecule has 3 heteroatoms. The van der Waals surface area contributed by atoms with Crippen molar-refractivity contribution in [3.05, 3.63) is 35.4 Å². The number of rotatable bonds is 4. The highest BCUT2D eigenvalue weighted by Crippen LogP contribution is 2.03. The number of carbonyl (C=O) groups is 1. The van der Waals surface area contributed by atoms with Crippen LogP contribution in [0.3, 0.4) is 0 Å². The monoisotopic (exact) mass is 206 g/mol. The van der Waals surface area contributed by atoms with Gasteiger partial charge < -0.3 is 11.1 Å². The first-order chi connectivity index (χ1) is 7.17. The van der Waals surface area contributed by atoms with E-state index < -0.39 is 0 Å². The lowest BCUT2D eigenvalue weighted by Gasteiger charge is -2.14. The van der Waals surface area contributed by atoms with Gasteiger partial charge in [-0.15, -0.1) is 0 Å². The fraction of sp³-hybridized carbons (Fsp3) is 0.417. The van der Waals surface area contributed by atoms with E-state index in [9.17, 15) is 4.79 Å². The summed E-state index contributed by atoms with van der Waals surface area (Å²) in [5.74, 6) is -0.0488. The van der Waals surface area contributed by atoms with Crippen molar-refractivity contribution >= 4 is 5.91 Å². The second-order valence-corrected chi connectivity index (χ2v) is 3.68. The van der Waals surface area contributed by atoms with Crippen molar-refractivity contribution in [2.45, 2.75) is 26.3 Å². The molecule has 0 aliphatic carbocycles. The summed E-state index contributed by atoms with van der Waals surface area (Å²) in [5, 5.41) is 2.89. The molecule has 0 saturated heterocycles. The van der Waals surface area contributed by atoms with Crippen molar-refractivity contribution in [1.29, 1.82) is 0 Å². The number of amides is 1. The number of nitrogens with two attached hydrogens (primary N) is 1. The first-order valence-corrected chi connectivity index (χ1v) is 5.25. The number of hydrogen-bond donors (Lipinski definition) is 2. The van der Waals surface area contributed by atoms with Gasteiger partial charge in [0.05, 0.1) is 0 Å². The average Bonchev–Trinajstić information content (AvgIpc) is 2.26. The minimum Gasteiger partial charge on any atom is -0.348 e. The Morgan fingerprint density at radius 3 is 2.47 bits per heavy atom. The Kier molecular flexibility index (Phi) is 4.31. The zero-order valence-corrected chi connectivity index (χ0v) is 9.29. The maximum atomic E-state index is 11.7. The third kappa shape index (κ3) is 3.36. The van der Waals surface area contributed by atoms with Crippen LogP contribution in [0, 0.1) is 6.92 Å². The predicted octanol–water partition coefficient (Wildman–Crippen LogP) is 1.46. The average molecular weight is 206 g/mol. The molecule has 15 heavy (non-hydrogen) atoms. The van der Waals surface area contributed by atoms with Crippen LogP contribution in [0.15, 0.2) is 24.3 Å². The minimum absolute atomic E-state index is 0.0488. The standard InChI is InChI=1S/C12H18N2O/c1-3-11(8-13)14-12(15)10-6-4-9(2)5-7-10/h4-7,11H,3,8,13H2,1-2H3,(H,14,15). The molecule has 0 fully saturated rings. The molecule has 0 bridgehead atoms. The molecule has 0 aliphatic heterocycles. The summed E-state index contributed by atoms with van der Waals surface area (Å²) in [6, 6.07) is 7.58. The normalized spacial score (nSPS) is 12.2. The summed E-state index contributed by atoms with van der Waals surface area (Å²) < 4.78 is 0. The van der Waals surface area contributed by atoms with Crippen LogP contribution in [-0.4, -0.2) is 18.5 Å². The van der Waals surface area contributed by atoms with E-state index in [1.54, 1.807) is 0 Å². The quantitative estimate of drug-likeness (QED) is 0.783. The zero-order valence-electron chi connectivity index (χ0n) is 9.29. The van der Waals surface area contributed by atoms with E-state index in [0.29, 0.717) is 12.1 Å². The zero-order chi connectivity index (χ0) is 11.3. The van der Waals surface area contributed by atoms with Gasteiger partial charge in [-0.1, -0.05) is 24.6 Å². The Hall–Kier alpha value is -1.35. The van der Waals surface area contributed by atoms with Crippen LogP contribution >= 0.6 is 0 Å². The third-order valence-corrected chi connectivity index (χ3v) is 2.43. The lowest BCUT2D eigenvalue weighted by Crippen LogP contribution is -2.39. The van der Waals surface area contributed by atoms with Crippen molar-refractivity contribution in [2.24, 2.45) is 5.73 Å². The van der Waals surface area contributed by atoms with Crippen molar-refractivity contribution in [1.82, 2.24) is 5.32 Å². The van der Waals surface area contributed by atoms with Gasteiger partial charge in [0, 0.05) is 18.2 Å². The summed E-state index contributed by atoms with van der Waals surface area (Å²) in [6.45, 7) is 4.48. The molecule has 0 aromatic heterocycles. The molecule has 1 atom stereocenters. The molecule has 1 rings (SSSR count). The Labute approximate surface area is 90.7 Å². The van der Waals surface area contributed by atoms with Crippen LogP contribution in [0.5, 0.6) is 0 Å². The summed E-state index contributed by atoms with van der Waals surface area (Å²) in [6.07, 6.45) is 0.855. The lowest BCUT2D eigenvalue weighted by molar-refractivity contribution is 0.0937. The van der Waals surface area contributed by atoms with Crippen molar-refractivity contribution in [3.8, 4) is 0 Å². The van der Waals surface area contributed by atoms with Crippen molar-refractivity contribution in [2.75, 3.05) is 6.54 Å². The van der Waals surface area contributed by atoms with Gasteiger partial charge in [-0.2, -0.15) is 0 Å². The largest absolute Gasteiger partial charge is 0.348 e. The molecule has 0 saturated carbocycles. The van der Waals surface area contributed by atoms with Gasteiger partial charge in [-0.3, -0.25) is 4.79 Å². The first kappa shape index (κ1) is 11.7. The van der Waals surface area contributed by atoms with Crippen LogP contribution in [0.1, 0.15) is 29.3 Å². The lowest BCUT2D eigenvalue weighted by atomic mass is 10.1. The number of hydrogen-bond acceptors (Lipinski definition) is 2. The molecular formula is C12H18N2O. The molecule has 1 amide bonds. The highest BCUT2D eigenvalue weighted by atomic mass is 16.1. The van der Waals surface area contributed by atoms with E-state index in [-0.39, 0.29) is 11.9 Å². The molecule has 1 unspecified atom stereocenters. The van der Waals surface area contributed by atoms with Crippen LogP contribution in [0.2, 0.25) is 0 Å². The van der Waals surface area contributed by atoms with Gasteiger partial charge in [0.15, 0.2) is 0 Å². The summed E-state index contributed by atoms with van der Waals surface area (Å²) in [4.78, 5) is 11.7. The molecule has 0 spiro atoms. The second kappa shape index (κ2) is 5.51.